The van der Waals surface area contributed by atoms with E-state index in [9.17, 15) is 9.59 Å². The van der Waals surface area contributed by atoms with Crippen molar-refractivity contribution < 1.29 is 14.7 Å². The second kappa shape index (κ2) is 5.66. The van der Waals surface area contributed by atoms with E-state index in [1.807, 2.05) is 6.07 Å². The zero-order chi connectivity index (χ0) is 13.8. The third-order valence-electron chi connectivity index (χ3n) is 2.47. The van der Waals surface area contributed by atoms with E-state index in [2.05, 4.69) is 27.9 Å². The molecular formula is C12H11N3O3S. The Morgan fingerprint density at radius 3 is 2.63 bits per heavy atom. The van der Waals surface area contributed by atoms with Crippen LogP contribution in [0.3, 0.4) is 0 Å². The number of aliphatic carboxylic acids is 1. The lowest BCUT2D eigenvalue weighted by atomic mass is 10.2. The maximum atomic E-state index is 11.9. The monoisotopic (exact) mass is 277 g/mol. The number of benzene rings is 1. The van der Waals surface area contributed by atoms with Gasteiger partial charge in [-0.15, -0.1) is 0 Å². The number of aromatic nitrogens is 2. The molecule has 1 heterocycles. The first-order valence-electron chi connectivity index (χ1n) is 5.48. The molecule has 1 aromatic heterocycles. The second-order valence-corrected chi connectivity index (χ2v) is 4.16. The van der Waals surface area contributed by atoms with Gasteiger partial charge in [0.2, 0.25) is 0 Å². The van der Waals surface area contributed by atoms with Crippen LogP contribution < -0.4 is 5.32 Å². The van der Waals surface area contributed by atoms with Gasteiger partial charge in [0.15, 0.2) is 0 Å². The zero-order valence-corrected chi connectivity index (χ0v) is 10.7. The maximum absolute atomic E-state index is 11.9. The zero-order valence-electron chi connectivity index (χ0n) is 9.78. The van der Waals surface area contributed by atoms with Gasteiger partial charge in [0.1, 0.15) is 11.7 Å². The first-order chi connectivity index (χ1) is 9.11. The van der Waals surface area contributed by atoms with Gasteiger partial charge in [-0.25, -0.2) is 9.78 Å². The van der Waals surface area contributed by atoms with E-state index >= 15 is 0 Å². The van der Waals surface area contributed by atoms with Crippen LogP contribution in [0.4, 0.5) is 0 Å². The molecule has 1 amide bonds. The van der Waals surface area contributed by atoms with Gasteiger partial charge < -0.3 is 10.4 Å². The number of carboxylic acids is 1. The van der Waals surface area contributed by atoms with E-state index in [1.165, 1.54) is 6.20 Å². The molecular weight excluding hydrogens is 266 g/mol. The number of rotatable bonds is 4. The molecule has 98 valence electrons. The average molecular weight is 277 g/mol. The van der Waals surface area contributed by atoms with Crippen molar-refractivity contribution in [1.82, 2.24) is 15.3 Å². The molecule has 2 aromatic rings. The van der Waals surface area contributed by atoms with Crippen molar-refractivity contribution in [2.75, 3.05) is 5.75 Å². The van der Waals surface area contributed by atoms with Crippen LogP contribution in [0.2, 0.25) is 0 Å². The van der Waals surface area contributed by atoms with Crippen molar-refractivity contribution >= 4 is 35.5 Å². The summed E-state index contributed by atoms with van der Waals surface area (Å²) in [6.45, 7) is 0. The van der Waals surface area contributed by atoms with Crippen molar-refractivity contribution in [2.45, 2.75) is 6.04 Å². The van der Waals surface area contributed by atoms with Crippen LogP contribution in [-0.2, 0) is 4.79 Å². The van der Waals surface area contributed by atoms with Gasteiger partial charge in [-0.1, -0.05) is 12.1 Å². The molecule has 0 aliphatic carbocycles. The summed E-state index contributed by atoms with van der Waals surface area (Å²) in [5.74, 6) is -1.72. The van der Waals surface area contributed by atoms with Crippen molar-refractivity contribution in [3.63, 3.8) is 0 Å². The van der Waals surface area contributed by atoms with E-state index in [0.717, 1.165) is 0 Å². The van der Waals surface area contributed by atoms with Gasteiger partial charge in [-0.3, -0.25) is 9.78 Å². The number of hydrogen-bond acceptors (Lipinski definition) is 5. The number of carbonyl (C=O) groups excluding carboxylic acids is 1. The summed E-state index contributed by atoms with van der Waals surface area (Å²) >= 11 is 3.87. The summed E-state index contributed by atoms with van der Waals surface area (Å²) in [5, 5.41) is 11.2. The molecule has 0 saturated heterocycles. The highest BCUT2D eigenvalue weighted by atomic mass is 32.1. The summed E-state index contributed by atoms with van der Waals surface area (Å²) in [6, 6.07) is 6.05. The minimum Gasteiger partial charge on any atom is -0.480 e. The normalized spacial score (nSPS) is 12.1. The topological polar surface area (TPSA) is 92.2 Å². The van der Waals surface area contributed by atoms with Gasteiger partial charge in [0.25, 0.3) is 5.91 Å². The Morgan fingerprint density at radius 2 is 2.00 bits per heavy atom. The molecule has 1 aromatic carbocycles. The third kappa shape index (κ3) is 3.00. The van der Waals surface area contributed by atoms with Crippen molar-refractivity contribution in [3.05, 3.63) is 36.2 Å². The summed E-state index contributed by atoms with van der Waals surface area (Å²) in [4.78, 5) is 30.9. The van der Waals surface area contributed by atoms with E-state index in [1.54, 1.807) is 18.2 Å². The first-order valence-corrected chi connectivity index (χ1v) is 6.11. The van der Waals surface area contributed by atoms with E-state index in [-0.39, 0.29) is 11.4 Å². The van der Waals surface area contributed by atoms with Crippen molar-refractivity contribution in [1.29, 1.82) is 0 Å². The maximum Gasteiger partial charge on any atom is 0.327 e. The average Bonchev–Trinajstić information content (AvgIpc) is 2.43. The Kier molecular flexibility index (Phi) is 3.96. The van der Waals surface area contributed by atoms with Crippen LogP contribution in [0.1, 0.15) is 10.5 Å². The number of nitrogens with one attached hydrogen (secondary N) is 1. The minimum atomic E-state index is -1.14. The summed E-state index contributed by atoms with van der Waals surface area (Å²) < 4.78 is 0. The molecule has 0 radical (unpaired) electrons. The Balaban J connectivity index is 2.24. The van der Waals surface area contributed by atoms with Crippen molar-refractivity contribution in [3.8, 4) is 0 Å². The number of fused-ring (bicyclic) bond motifs is 1. The third-order valence-corrected chi connectivity index (χ3v) is 2.83. The molecule has 1 atom stereocenters. The summed E-state index contributed by atoms with van der Waals surface area (Å²) in [6.07, 6.45) is 1.31. The van der Waals surface area contributed by atoms with Crippen molar-refractivity contribution in [2.24, 2.45) is 0 Å². The van der Waals surface area contributed by atoms with E-state index < -0.39 is 17.9 Å². The van der Waals surface area contributed by atoms with Gasteiger partial charge >= 0.3 is 5.97 Å². The highest BCUT2D eigenvalue weighted by Gasteiger charge is 2.19. The van der Waals surface area contributed by atoms with Gasteiger partial charge in [0.05, 0.1) is 17.2 Å². The Labute approximate surface area is 114 Å². The molecule has 0 unspecified atom stereocenters. The lowest BCUT2D eigenvalue weighted by molar-refractivity contribution is -0.138. The molecule has 0 fully saturated rings. The fraction of sp³-hybridized carbons (Fsp3) is 0.167. The van der Waals surface area contributed by atoms with Gasteiger partial charge in [-0.2, -0.15) is 12.6 Å². The highest BCUT2D eigenvalue weighted by Crippen LogP contribution is 2.08. The highest BCUT2D eigenvalue weighted by molar-refractivity contribution is 7.80. The molecule has 19 heavy (non-hydrogen) atoms. The molecule has 2 N–H and O–H groups in total. The van der Waals surface area contributed by atoms with E-state index in [4.69, 9.17) is 5.11 Å². The SMILES string of the molecule is O=C(N[C@H](CS)C(=O)O)c1cnc2ccccc2n1. The Hall–Kier alpha value is -2.15. The van der Waals surface area contributed by atoms with Crippen LogP contribution in [0, 0.1) is 0 Å². The van der Waals surface area contributed by atoms with E-state index in [0.29, 0.717) is 11.0 Å². The predicted octanol–water partition coefficient (Wildman–Crippen LogP) is 0.743. The molecule has 0 spiro atoms. The number of amides is 1. The lowest BCUT2D eigenvalue weighted by Gasteiger charge is -2.11. The second-order valence-electron chi connectivity index (χ2n) is 3.79. The molecule has 0 saturated carbocycles. The molecule has 0 bridgehead atoms. The minimum absolute atomic E-state index is 0.00207. The Morgan fingerprint density at radius 1 is 1.32 bits per heavy atom. The van der Waals surface area contributed by atoms with Gasteiger partial charge in [0, 0.05) is 5.75 Å². The standard InChI is InChI=1S/C12H11N3O3S/c16-11(15-10(6-19)12(17)18)9-5-13-7-3-1-2-4-8(7)14-9/h1-5,10,19H,6H2,(H,15,16)(H,17,18)/t10-/m1/s1. The van der Waals surface area contributed by atoms with Gasteiger partial charge in [-0.05, 0) is 12.1 Å². The summed E-state index contributed by atoms with van der Waals surface area (Å²) in [7, 11) is 0. The largest absolute Gasteiger partial charge is 0.480 e. The Bertz CT molecular complexity index is 632. The van der Waals surface area contributed by atoms with Crippen LogP contribution >= 0.6 is 12.6 Å². The number of para-hydroxylation sites is 2. The number of thiol groups is 1. The fourth-order valence-electron chi connectivity index (χ4n) is 1.48. The first kappa shape index (κ1) is 13.3. The number of carboxylic acid groups (broad SMARTS) is 1. The van der Waals surface area contributed by atoms with Crippen LogP contribution in [0.15, 0.2) is 30.5 Å². The molecule has 7 heteroatoms. The molecule has 6 nitrogen and oxygen atoms in total. The smallest absolute Gasteiger partial charge is 0.327 e. The quantitative estimate of drug-likeness (QED) is 0.717. The van der Waals surface area contributed by atoms with Crippen LogP contribution in [-0.4, -0.2) is 38.7 Å². The van der Waals surface area contributed by atoms with Crippen LogP contribution in [0.5, 0.6) is 0 Å². The lowest BCUT2D eigenvalue weighted by Crippen LogP contribution is -2.42. The summed E-state index contributed by atoms with van der Waals surface area (Å²) in [5.41, 5.74) is 1.32. The van der Waals surface area contributed by atoms with Crippen LogP contribution in [0.25, 0.3) is 11.0 Å². The predicted molar refractivity (Wildman–Crippen MR) is 72.3 cm³/mol. The number of hydrogen-bond donors (Lipinski definition) is 3. The number of carbonyl (C=O) groups is 2. The molecule has 0 aliphatic rings. The molecule has 0 aliphatic heterocycles. The fourth-order valence-corrected chi connectivity index (χ4v) is 1.73. The number of nitrogens with zero attached hydrogens (tertiary/aromatic N) is 2. The molecule has 2 rings (SSSR count).